The average molecular weight is 345 g/mol. The van der Waals surface area contributed by atoms with Crippen LogP contribution in [0.4, 0.5) is 9.18 Å². The van der Waals surface area contributed by atoms with E-state index in [9.17, 15) is 9.18 Å². The maximum absolute atomic E-state index is 13.7. The third-order valence-corrected chi connectivity index (χ3v) is 4.93. The number of piperidine rings is 1. The predicted octanol–water partition coefficient (Wildman–Crippen LogP) is 2.91. The first-order chi connectivity index (χ1) is 12.0. The van der Waals surface area contributed by atoms with Gasteiger partial charge in [0.2, 0.25) is 0 Å². The maximum atomic E-state index is 13.7. The van der Waals surface area contributed by atoms with Crippen LogP contribution in [0.3, 0.4) is 0 Å². The fraction of sp³-hybridized carbons (Fsp3) is 0.500. The van der Waals surface area contributed by atoms with E-state index >= 15 is 0 Å². The molecule has 6 nitrogen and oxygen atoms in total. The topological polar surface area (TPSA) is 63.1 Å². The van der Waals surface area contributed by atoms with Crippen molar-refractivity contribution in [2.75, 3.05) is 13.1 Å². The highest BCUT2D eigenvalue weighted by atomic mass is 19.1. The zero-order valence-electron chi connectivity index (χ0n) is 14.9. The number of aryl methyl sites for hydroxylation is 2. The Bertz CT molecular complexity index is 752. The average Bonchev–Trinajstić information content (AvgIpc) is 3.03. The van der Waals surface area contributed by atoms with Gasteiger partial charge in [-0.05, 0) is 43.9 Å². The zero-order chi connectivity index (χ0) is 18.0. The fourth-order valence-corrected chi connectivity index (χ4v) is 3.24. The summed E-state index contributed by atoms with van der Waals surface area (Å²) in [5, 5.41) is 11.1. The Morgan fingerprint density at radius 3 is 2.68 bits per heavy atom. The highest BCUT2D eigenvalue weighted by molar-refractivity contribution is 5.74. The number of nitrogens with zero attached hydrogens (tertiary/aromatic N) is 4. The van der Waals surface area contributed by atoms with Crippen LogP contribution in [0.15, 0.2) is 24.5 Å². The van der Waals surface area contributed by atoms with Crippen LogP contribution in [0.5, 0.6) is 0 Å². The largest absolute Gasteiger partial charge is 0.331 e. The number of benzene rings is 1. The lowest BCUT2D eigenvalue weighted by molar-refractivity contribution is 0.177. The van der Waals surface area contributed by atoms with E-state index in [2.05, 4.69) is 15.5 Å². The van der Waals surface area contributed by atoms with Crippen molar-refractivity contribution in [1.29, 1.82) is 0 Å². The van der Waals surface area contributed by atoms with Crippen LogP contribution < -0.4 is 5.32 Å². The minimum Gasteiger partial charge on any atom is -0.331 e. The lowest BCUT2D eigenvalue weighted by Crippen LogP contribution is -2.45. The Morgan fingerprint density at radius 1 is 1.36 bits per heavy atom. The summed E-state index contributed by atoms with van der Waals surface area (Å²) in [7, 11) is 1.94. The summed E-state index contributed by atoms with van der Waals surface area (Å²) >= 11 is 0. The molecule has 7 heteroatoms. The molecule has 1 saturated heterocycles. The molecule has 2 amide bonds. The lowest BCUT2D eigenvalue weighted by atomic mass is 9.96. The van der Waals surface area contributed by atoms with E-state index in [1.165, 1.54) is 6.07 Å². The van der Waals surface area contributed by atoms with E-state index in [1.54, 1.807) is 19.3 Å². The summed E-state index contributed by atoms with van der Waals surface area (Å²) in [4.78, 5) is 14.3. The van der Waals surface area contributed by atoms with Crippen molar-refractivity contribution in [1.82, 2.24) is 25.0 Å². The number of amides is 2. The Kier molecular flexibility index (Phi) is 5.01. The molecule has 1 N–H and O–H groups in total. The molecule has 1 aromatic carbocycles. The van der Waals surface area contributed by atoms with Crippen LogP contribution in [-0.4, -0.2) is 38.8 Å². The van der Waals surface area contributed by atoms with E-state index in [1.807, 2.05) is 29.5 Å². The van der Waals surface area contributed by atoms with Gasteiger partial charge in [0.25, 0.3) is 0 Å². The first-order valence-electron chi connectivity index (χ1n) is 8.61. The molecule has 0 radical (unpaired) electrons. The predicted molar refractivity (Wildman–Crippen MR) is 92.6 cm³/mol. The molecule has 1 aromatic heterocycles. The van der Waals surface area contributed by atoms with Gasteiger partial charge in [-0.2, -0.15) is 0 Å². The molecule has 1 unspecified atom stereocenters. The highest BCUT2D eigenvalue weighted by Gasteiger charge is 2.27. The molecule has 2 heterocycles. The van der Waals surface area contributed by atoms with E-state index in [0.29, 0.717) is 24.6 Å². The molecule has 134 valence electrons. The van der Waals surface area contributed by atoms with E-state index < -0.39 is 0 Å². The first kappa shape index (κ1) is 17.4. The number of aromatic nitrogens is 3. The van der Waals surface area contributed by atoms with Gasteiger partial charge in [0.15, 0.2) is 0 Å². The van der Waals surface area contributed by atoms with Gasteiger partial charge in [0.05, 0.1) is 6.04 Å². The summed E-state index contributed by atoms with van der Waals surface area (Å²) in [6, 6.07) is 4.73. The number of hydrogen-bond acceptors (Lipinski definition) is 3. The van der Waals surface area contributed by atoms with Gasteiger partial charge >= 0.3 is 6.03 Å². The molecule has 0 spiro atoms. The molecule has 0 bridgehead atoms. The molecule has 1 fully saturated rings. The van der Waals surface area contributed by atoms with Crippen LogP contribution in [0.1, 0.15) is 48.7 Å². The van der Waals surface area contributed by atoms with Crippen LogP contribution in [0, 0.1) is 12.7 Å². The number of nitrogens with one attached hydrogen (secondary N) is 1. The smallest absolute Gasteiger partial charge is 0.317 e. The van der Waals surface area contributed by atoms with Crippen molar-refractivity contribution in [3.8, 4) is 0 Å². The quantitative estimate of drug-likeness (QED) is 0.930. The molecule has 3 rings (SSSR count). The molecule has 25 heavy (non-hydrogen) atoms. The molecular formula is C18H24FN5O. The van der Waals surface area contributed by atoms with Gasteiger partial charge in [-0.3, -0.25) is 0 Å². The molecule has 1 aliphatic heterocycles. The maximum Gasteiger partial charge on any atom is 0.317 e. The molecule has 2 aromatic rings. The summed E-state index contributed by atoms with van der Waals surface area (Å²) in [5.74, 6) is 1.06. The third-order valence-electron chi connectivity index (χ3n) is 4.93. The third kappa shape index (κ3) is 3.81. The minimum absolute atomic E-state index is 0.107. The van der Waals surface area contributed by atoms with E-state index in [0.717, 1.165) is 24.2 Å². The van der Waals surface area contributed by atoms with Gasteiger partial charge in [-0.25, -0.2) is 9.18 Å². The van der Waals surface area contributed by atoms with E-state index in [-0.39, 0.29) is 17.9 Å². The van der Waals surface area contributed by atoms with Crippen LogP contribution >= 0.6 is 0 Å². The van der Waals surface area contributed by atoms with Gasteiger partial charge in [-0.15, -0.1) is 10.2 Å². The Morgan fingerprint density at radius 2 is 2.08 bits per heavy atom. The standard InChI is InChI=1S/C18H24FN5O/c1-12-4-5-15(10-16(12)19)13(2)21-18(25)24-8-6-14(7-9-24)17-22-20-11-23(17)3/h4-5,10-11,13-14H,6-9H2,1-3H3,(H,21,25). The Hall–Kier alpha value is -2.44. The van der Waals surface area contributed by atoms with Crippen molar-refractivity contribution >= 4 is 6.03 Å². The normalized spacial score (nSPS) is 16.7. The van der Waals surface area contributed by atoms with Crippen molar-refractivity contribution in [3.05, 3.63) is 47.3 Å². The van der Waals surface area contributed by atoms with Crippen LogP contribution in [0.2, 0.25) is 0 Å². The summed E-state index contributed by atoms with van der Waals surface area (Å²) in [5.41, 5.74) is 1.37. The molecule has 0 saturated carbocycles. The molecular weight excluding hydrogens is 321 g/mol. The number of carbonyl (C=O) groups is 1. The van der Waals surface area contributed by atoms with Gasteiger partial charge in [-0.1, -0.05) is 12.1 Å². The van der Waals surface area contributed by atoms with Crippen LogP contribution in [-0.2, 0) is 7.05 Å². The second kappa shape index (κ2) is 7.21. The minimum atomic E-state index is -0.247. The number of hydrogen-bond donors (Lipinski definition) is 1. The van der Waals surface area contributed by atoms with Gasteiger partial charge in [0.1, 0.15) is 18.0 Å². The lowest BCUT2D eigenvalue weighted by Gasteiger charge is -2.32. The van der Waals surface area contributed by atoms with E-state index in [4.69, 9.17) is 0 Å². The second-order valence-electron chi connectivity index (χ2n) is 6.74. The number of likely N-dealkylation sites (tertiary alicyclic amines) is 1. The summed E-state index contributed by atoms with van der Waals surface area (Å²) in [6.07, 6.45) is 3.44. The van der Waals surface area contributed by atoms with Crippen molar-refractivity contribution in [2.45, 2.75) is 38.6 Å². The number of rotatable bonds is 3. The van der Waals surface area contributed by atoms with Gasteiger partial charge < -0.3 is 14.8 Å². The number of halogens is 1. The van der Waals surface area contributed by atoms with Crippen molar-refractivity contribution in [2.24, 2.45) is 7.05 Å². The zero-order valence-corrected chi connectivity index (χ0v) is 14.9. The van der Waals surface area contributed by atoms with Crippen molar-refractivity contribution < 1.29 is 9.18 Å². The Labute approximate surface area is 147 Å². The summed E-state index contributed by atoms with van der Waals surface area (Å²) < 4.78 is 15.6. The summed E-state index contributed by atoms with van der Waals surface area (Å²) in [6.45, 7) is 4.95. The second-order valence-corrected chi connectivity index (χ2v) is 6.74. The highest BCUT2D eigenvalue weighted by Crippen LogP contribution is 2.26. The first-order valence-corrected chi connectivity index (χ1v) is 8.61. The SMILES string of the molecule is Cc1ccc(C(C)NC(=O)N2CCC(c3nncn3C)CC2)cc1F. The number of carbonyl (C=O) groups excluding carboxylic acids is 1. The molecule has 0 aliphatic carbocycles. The number of urea groups is 1. The van der Waals surface area contributed by atoms with Gasteiger partial charge in [0, 0.05) is 26.1 Å². The molecule has 1 atom stereocenters. The monoisotopic (exact) mass is 345 g/mol. The van der Waals surface area contributed by atoms with Crippen LogP contribution in [0.25, 0.3) is 0 Å². The fourth-order valence-electron chi connectivity index (χ4n) is 3.24. The Balaban J connectivity index is 1.55. The molecule has 1 aliphatic rings. The van der Waals surface area contributed by atoms with Crippen molar-refractivity contribution in [3.63, 3.8) is 0 Å².